The highest BCUT2D eigenvalue weighted by Crippen LogP contribution is 2.28. The van der Waals surface area contributed by atoms with Gasteiger partial charge in [-0.05, 0) is 24.3 Å². The van der Waals surface area contributed by atoms with E-state index in [1.165, 1.54) is 4.31 Å². The quantitative estimate of drug-likeness (QED) is 0.652. The second-order valence-electron chi connectivity index (χ2n) is 5.94. The number of sulfonamides is 1. The molecule has 3 unspecified atom stereocenters. The Morgan fingerprint density at radius 3 is 2.88 bits per heavy atom. The second-order valence-corrected chi connectivity index (χ2v) is 9.00. The van der Waals surface area contributed by atoms with E-state index in [0.717, 1.165) is 11.3 Å². The van der Waals surface area contributed by atoms with Gasteiger partial charge in [0.2, 0.25) is 5.91 Å². The van der Waals surface area contributed by atoms with Crippen LogP contribution in [0, 0.1) is 5.92 Å². The lowest BCUT2D eigenvalue weighted by Gasteiger charge is -2.23. The number of hydrogen-bond donors (Lipinski definition) is 3. The standard InChI is InChI=1S/C14H21N3O4S2.ClH/c18-12-9-15-7-10(12)8-16-14(19)11-3-1-5-17(11)23(20,21)13-4-2-6-22-13;/h2,4,6,10-12,15,18H,1,3,5,7-9H2,(H,16,19);1H. The number of aliphatic hydroxyl groups is 1. The van der Waals surface area contributed by atoms with Crippen LogP contribution in [-0.4, -0.2) is 62.1 Å². The Balaban J connectivity index is 0.00000208. The Bertz CT molecular complexity index is 653. The first-order valence-corrected chi connectivity index (χ1v) is 10.0. The average Bonchev–Trinajstić information content (AvgIpc) is 3.26. The number of carbonyl (C=O) groups is 1. The first-order valence-electron chi connectivity index (χ1n) is 7.72. The number of nitrogens with zero attached hydrogens (tertiary/aromatic N) is 1. The van der Waals surface area contributed by atoms with Crippen LogP contribution in [-0.2, 0) is 14.8 Å². The van der Waals surface area contributed by atoms with E-state index in [1.807, 2.05) is 0 Å². The number of amides is 1. The van der Waals surface area contributed by atoms with E-state index in [4.69, 9.17) is 0 Å². The molecule has 3 atom stereocenters. The zero-order valence-electron chi connectivity index (χ0n) is 13.1. The Morgan fingerprint density at radius 2 is 2.25 bits per heavy atom. The fourth-order valence-electron chi connectivity index (χ4n) is 3.09. The molecule has 1 amide bonds. The second kappa shape index (κ2) is 8.11. The lowest BCUT2D eigenvalue weighted by atomic mass is 10.1. The molecular weight excluding hydrogens is 374 g/mol. The molecule has 0 bridgehead atoms. The SMILES string of the molecule is Cl.O=C(NCC1CNCC1O)C1CCCN1S(=O)(=O)c1cccs1. The van der Waals surface area contributed by atoms with E-state index in [1.54, 1.807) is 17.5 Å². The third-order valence-corrected chi connectivity index (χ3v) is 7.69. The molecule has 0 spiro atoms. The molecule has 7 nitrogen and oxygen atoms in total. The molecule has 3 heterocycles. The van der Waals surface area contributed by atoms with E-state index in [-0.39, 0.29) is 28.4 Å². The molecule has 1 aromatic rings. The van der Waals surface area contributed by atoms with Crippen molar-refractivity contribution in [3.05, 3.63) is 17.5 Å². The summed E-state index contributed by atoms with van der Waals surface area (Å²) < 4.78 is 26.8. The summed E-state index contributed by atoms with van der Waals surface area (Å²) in [5, 5.41) is 17.3. The molecule has 3 rings (SSSR count). The summed E-state index contributed by atoms with van der Waals surface area (Å²) in [4.78, 5) is 12.4. The number of carbonyl (C=O) groups excluding carboxylic acids is 1. The molecule has 2 aliphatic rings. The molecule has 10 heteroatoms. The topological polar surface area (TPSA) is 98.7 Å². The maximum absolute atomic E-state index is 12.6. The number of nitrogens with one attached hydrogen (secondary N) is 2. The predicted octanol–water partition coefficient (Wildman–Crippen LogP) is 0.0195. The lowest BCUT2D eigenvalue weighted by Crippen LogP contribution is -2.47. The smallest absolute Gasteiger partial charge is 0.253 e. The van der Waals surface area contributed by atoms with Gasteiger partial charge in [0.05, 0.1) is 6.10 Å². The van der Waals surface area contributed by atoms with Crippen molar-refractivity contribution in [2.24, 2.45) is 5.92 Å². The molecule has 2 fully saturated rings. The third-order valence-electron chi connectivity index (χ3n) is 4.41. The van der Waals surface area contributed by atoms with E-state index >= 15 is 0 Å². The van der Waals surface area contributed by atoms with Crippen LogP contribution >= 0.6 is 23.7 Å². The van der Waals surface area contributed by atoms with Crippen LogP contribution in [0.4, 0.5) is 0 Å². The minimum atomic E-state index is -3.61. The van der Waals surface area contributed by atoms with Gasteiger partial charge in [-0.1, -0.05) is 6.07 Å². The summed E-state index contributed by atoms with van der Waals surface area (Å²) in [5.74, 6) is -0.301. The highest BCUT2D eigenvalue weighted by molar-refractivity contribution is 7.91. The van der Waals surface area contributed by atoms with Gasteiger partial charge in [-0.2, -0.15) is 4.31 Å². The van der Waals surface area contributed by atoms with E-state index in [2.05, 4.69) is 10.6 Å². The molecule has 2 saturated heterocycles. The Kier molecular flexibility index (Phi) is 6.63. The minimum Gasteiger partial charge on any atom is -0.391 e. The van der Waals surface area contributed by atoms with Crippen molar-refractivity contribution in [2.45, 2.75) is 29.2 Å². The van der Waals surface area contributed by atoms with Crippen LogP contribution < -0.4 is 10.6 Å². The van der Waals surface area contributed by atoms with Crippen LogP contribution in [0.1, 0.15) is 12.8 Å². The van der Waals surface area contributed by atoms with E-state index in [9.17, 15) is 18.3 Å². The van der Waals surface area contributed by atoms with Gasteiger partial charge in [-0.15, -0.1) is 23.7 Å². The van der Waals surface area contributed by atoms with E-state index < -0.39 is 22.2 Å². The van der Waals surface area contributed by atoms with Gasteiger partial charge in [-0.25, -0.2) is 8.42 Å². The van der Waals surface area contributed by atoms with Gasteiger partial charge in [0, 0.05) is 32.1 Å². The molecule has 24 heavy (non-hydrogen) atoms. The van der Waals surface area contributed by atoms with Crippen molar-refractivity contribution in [1.82, 2.24) is 14.9 Å². The first-order chi connectivity index (χ1) is 11.0. The maximum Gasteiger partial charge on any atom is 0.253 e. The molecular formula is C14H22ClN3O4S2. The van der Waals surface area contributed by atoms with Gasteiger partial charge < -0.3 is 15.7 Å². The van der Waals surface area contributed by atoms with Crippen LogP contribution in [0.25, 0.3) is 0 Å². The summed E-state index contributed by atoms with van der Waals surface area (Å²) in [7, 11) is -3.61. The van der Waals surface area contributed by atoms with Gasteiger partial charge in [0.15, 0.2) is 0 Å². The molecule has 136 valence electrons. The first kappa shape index (κ1) is 19.6. The number of rotatable bonds is 5. The van der Waals surface area contributed by atoms with Crippen molar-refractivity contribution >= 4 is 39.7 Å². The highest BCUT2D eigenvalue weighted by atomic mass is 35.5. The maximum atomic E-state index is 12.6. The number of aliphatic hydroxyl groups excluding tert-OH is 1. The number of β-amino-alcohol motifs (C(OH)–C–C–N with tert-alkyl or cyclic N) is 1. The van der Waals surface area contributed by atoms with Crippen molar-refractivity contribution in [3.8, 4) is 0 Å². The van der Waals surface area contributed by atoms with Gasteiger partial charge in [-0.3, -0.25) is 4.79 Å². The van der Waals surface area contributed by atoms with Crippen molar-refractivity contribution in [3.63, 3.8) is 0 Å². The Labute approximate surface area is 151 Å². The van der Waals surface area contributed by atoms with Crippen molar-refractivity contribution in [2.75, 3.05) is 26.2 Å². The summed E-state index contributed by atoms with van der Waals surface area (Å²) in [6.07, 6.45) is 0.739. The Morgan fingerprint density at radius 1 is 1.46 bits per heavy atom. The lowest BCUT2D eigenvalue weighted by molar-refractivity contribution is -0.124. The van der Waals surface area contributed by atoms with E-state index in [0.29, 0.717) is 39.0 Å². The van der Waals surface area contributed by atoms with Crippen LogP contribution in [0.15, 0.2) is 21.7 Å². The molecule has 0 aliphatic carbocycles. The number of hydrogen-bond acceptors (Lipinski definition) is 6. The fourth-order valence-corrected chi connectivity index (χ4v) is 5.87. The molecule has 0 saturated carbocycles. The van der Waals surface area contributed by atoms with Crippen LogP contribution in [0.3, 0.4) is 0 Å². The molecule has 0 aromatic carbocycles. The summed E-state index contributed by atoms with van der Waals surface area (Å²) >= 11 is 1.16. The summed E-state index contributed by atoms with van der Waals surface area (Å²) in [6.45, 7) is 1.91. The summed E-state index contributed by atoms with van der Waals surface area (Å²) in [5.41, 5.74) is 0. The number of halogens is 1. The monoisotopic (exact) mass is 395 g/mol. The van der Waals surface area contributed by atoms with Crippen LogP contribution in [0.2, 0.25) is 0 Å². The van der Waals surface area contributed by atoms with Gasteiger partial charge >= 0.3 is 0 Å². The van der Waals surface area contributed by atoms with Crippen LogP contribution in [0.5, 0.6) is 0 Å². The normalized spacial score (nSPS) is 27.8. The largest absolute Gasteiger partial charge is 0.391 e. The van der Waals surface area contributed by atoms with Crippen molar-refractivity contribution in [1.29, 1.82) is 0 Å². The average molecular weight is 396 g/mol. The van der Waals surface area contributed by atoms with Gasteiger partial charge in [0.25, 0.3) is 10.0 Å². The molecule has 0 radical (unpaired) electrons. The molecule has 3 N–H and O–H groups in total. The fraction of sp³-hybridized carbons (Fsp3) is 0.643. The molecule has 1 aromatic heterocycles. The van der Waals surface area contributed by atoms with Gasteiger partial charge in [0.1, 0.15) is 10.3 Å². The summed E-state index contributed by atoms with van der Waals surface area (Å²) in [6, 6.07) is 2.60. The third kappa shape index (κ3) is 3.92. The zero-order chi connectivity index (χ0) is 16.4. The number of thiophene rings is 1. The van der Waals surface area contributed by atoms with Crippen molar-refractivity contribution < 1.29 is 18.3 Å². The Hall–Kier alpha value is -0.710. The molecule has 2 aliphatic heterocycles. The predicted molar refractivity (Wildman–Crippen MR) is 93.9 cm³/mol. The zero-order valence-corrected chi connectivity index (χ0v) is 15.5. The minimum absolute atomic E-state index is 0. The highest BCUT2D eigenvalue weighted by Gasteiger charge is 2.40.